The fourth-order valence-electron chi connectivity index (χ4n) is 4.55. The molecule has 0 fully saturated rings. The van der Waals surface area contributed by atoms with Crippen molar-refractivity contribution < 1.29 is 14.9 Å². The Bertz CT molecular complexity index is 1350. The van der Waals surface area contributed by atoms with Crippen LogP contribution >= 0.6 is 0 Å². The van der Waals surface area contributed by atoms with Crippen molar-refractivity contribution >= 4 is 32.6 Å². The first-order valence-corrected chi connectivity index (χ1v) is 9.30. The molecule has 0 bridgehead atoms. The Kier molecular flexibility index (Phi) is 3.28. The lowest BCUT2D eigenvalue weighted by molar-refractivity contribution is -0.210. The molecule has 1 aliphatic heterocycles. The first-order valence-electron chi connectivity index (χ1n) is 9.30. The number of hydrogen-bond donors (Lipinski definition) is 2. The minimum absolute atomic E-state index is 0.00998. The van der Waals surface area contributed by atoms with Gasteiger partial charge in [0, 0.05) is 24.2 Å². The molecule has 28 heavy (non-hydrogen) atoms. The summed E-state index contributed by atoms with van der Waals surface area (Å²) in [5, 5.41) is 24.8. The maximum atomic E-state index is 13.3. The fourth-order valence-corrected chi connectivity index (χ4v) is 4.55. The number of aromatic nitrogens is 1. The van der Waals surface area contributed by atoms with Crippen LogP contribution in [0.3, 0.4) is 0 Å². The summed E-state index contributed by atoms with van der Waals surface area (Å²) >= 11 is 0. The molecule has 0 saturated heterocycles. The van der Waals surface area contributed by atoms with Gasteiger partial charge in [0.1, 0.15) is 11.4 Å². The summed E-state index contributed by atoms with van der Waals surface area (Å²) in [5.74, 6) is -1.70. The van der Waals surface area contributed by atoms with Crippen LogP contribution in [-0.2, 0) is 12.8 Å². The van der Waals surface area contributed by atoms with Crippen LogP contribution in [-0.4, -0.2) is 20.4 Å². The quantitative estimate of drug-likeness (QED) is 0.364. The van der Waals surface area contributed by atoms with E-state index >= 15 is 0 Å². The second-order valence-electron chi connectivity index (χ2n) is 8.29. The highest BCUT2D eigenvalue weighted by Crippen LogP contribution is 2.45. The van der Waals surface area contributed by atoms with Gasteiger partial charge in [0.05, 0.1) is 16.6 Å². The second kappa shape index (κ2) is 5.34. The summed E-state index contributed by atoms with van der Waals surface area (Å²) in [6.45, 7) is 3.62. The van der Waals surface area contributed by atoms with Crippen LogP contribution in [0, 0.1) is 0 Å². The van der Waals surface area contributed by atoms with Gasteiger partial charge in [-0.2, -0.15) is 0 Å². The number of pyridine rings is 1. The first-order chi connectivity index (χ1) is 13.2. The molecule has 0 atom stereocenters. The van der Waals surface area contributed by atoms with E-state index in [-0.39, 0.29) is 17.4 Å². The lowest BCUT2D eigenvalue weighted by atomic mass is 9.87. The highest BCUT2D eigenvalue weighted by Gasteiger charge is 2.44. The molecule has 0 amide bonds. The molecule has 0 unspecified atom stereocenters. The van der Waals surface area contributed by atoms with E-state index in [2.05, 4.69) is 0 Å². The molecule has 0 aliphatic carbocycles. The summed E-state index contributed by atoms with van der Waals surface area (Å²) < 4.78 is 7.87. The number of benzene rings is 3. The molecule has 142 valence electrons. The maximum Gasteiger partial charge on any atom is 0.199 e. The van der Waals surface area contributed by atoms with Gasteiger partial charge in [-0.1, -0.05) is 24.3 Å². The van der Waals surface area contributed by atoms with Crippen LogP contribution in [0.1, 0.15) is 25.8 Å². The number of aliphatic hydroxyl groups is 2. The van der Waals surface area contributed by atoms with Gasteiger partial charge in [-0.25, -0.2) is 0 Å². The van der Waals surface area contributed by atoms with Crippen molar-refractivity contribution in [1.82, 2.24) is 4.57 Å². The Morgan fingerprint density at radius 1 is 1.00 bits per heavy atom. The minimum Gasteiger partial charge on any atom is -0.487 e. The molecule has 0 radical (unpaired) electrons. The third kappa shape index (κ3) is 2.30. The van der Waals surface area contributed by atoms with Gasteiger partial charge in [0.25, 0.3) is 0 Å². The summed E-state index contributed by atoms with van der Waals surface area (Å²) in [5.41, 5.74) is 0.628. The molecule has 0 saturated carbocycles. The summed E-state index contributed by atoms with van der Waals surface area (Å²) in [7, 11) is 1.84. The maximum absolute atomic E-state index is 13.3. The average molecular weight is 375 g/mol. The second-order valence-corrected chi connectivity index (χ2v) is 8.29. The number of hydrogen-bond acceptors (Lipinski definition) is 4. The summed E-state index contributed by atoms with van der Waals surface area (Å²) in [6.07, 6.45) is 0.00998. The SMILES string of the molecule is Cn1c2cc3ccccc3cc2c(=O)c2ccc3c(c21)C(O)(O)CC(C)(C)O3. The van der Waals surface area contributed by atoms with Crippen molar-refractivity contribution in [1.29, 1.82) is 0 Å². The predicted molar refractivity (Wildman–Crippen MR) is 110 cm³/mol. The van der Waals surface area contributed by atoms with Crippen LogP contribution in [0.2, 0.25) is 0 Å². The minimum atomic E-state index is -2.09. The van der Waals surface area contributed by atoms with Crippen LogP contribution in [0.15, 0.2) is 53.3 Å². The van der Waals surface area contributed by atoms with E-state index in [0.29, 0.717) is 22.0 Å². The number of nitrogens with zero attached hydrogens (tertiary/aromatic N) is 1. The van der Waals surface area contributed by atoms with Crippen molar-refractivity contribution in [3.8, 4) is 5.75 Å². The topological polar surface area (TPSA) is 71.7 Å². The van der Waals surface area contributed by atoms with Crippen LogP contribution in [0.25, 0.3) is 32.6 Å². The van der Waals surface area contributed by atoms with Crippen molar-refractivity contribution in [3.05, 3.63) is 64.3 Å². The molecule has 5 heteroatoms. The molecular formula is C23H21NO4. The Balaban J connectivity index is 1.99. The zero-order valence-corrected chi connectivity index (χ0v) is 16.0. The van der Waals surface area contributed by atoms with E-state index in [9.17, 15) is 15.0 Å². The van der Waals surface area contributed by atoms with E-state index in [0.717, 1.165) is 16.3 Å². The van der Waals surface area contributed by atoms with Gasteiger partial charge in [0.15, 0.2) is 11.2 Å². The van der Waals surface area contributed by atoms with Crippen molar-refractivity contribution in [3.63, 3.8) is 0 Å². The Morgan fingerprint density at radius 3 is 2.39 bits per heavy atom. The highest BCUT2D eigenvalue weighted by molar-refractivity contribution is 6.02. The number of aryl methyl sites for hydroxylation is 1. The van der Waals surface area contributed by atoms with E-state index in [1.807, 2.05) is 61.9 Å². The molecule has 5 nitrogen and oxygen atoms in total. The smallest absolute Gasteiger partial charge is 0.199 e. The van der Waals surface area contributed by atoms with E-state index < -0.39 is 11.4 Å². The molecule has 2 heterocycles. The molecule has 0 spiro atoms. The zero-order chi connectivity index (χ0) is 19.8. The van der Waals surface area contributed by atoms with Crippen molar-refractivity contribution in [2.75, 3.05) is 0 Å². The van der Waals surface area contributed by atoms with Crippen LogP contribution in [0.5, 0.6) is 5.75 Å². The van der Waals surface area contributed by atoms with Gasteiger partial charge in [-0.05, 0) is 48.9 Å². The van der Waals surface area contributed by atoms with Gasteiger partial charge in [-0.15, -0.1) is 0 Å². The number of fused-ring (bicyclic) bond motifs is 5. The number of rotatable bonds is 0. The summed E-state index contributed by atoms with van der Waals surface area (Å²) in [6, 6.07) is 15.1. The van der Waals surface area contributed by atoms with Gasteiger partial charge < -0.3 is 19.5 Å². The molecule has 1 aliphatic rings. The standard InChI is InChI=1S/C23H21NO4/c1-22(2)12-23(26,27)19-18(28-22)9-8-15-20(19)24(3)17-11-14-7-5-4-6-13(14)10-16(17)21(15)25/h4-11,26-27H,12H2,1-3H3. The largest absolute Gasteiger partial charge is 0.487 e. The van der Waals surface area contributed by atoms with Crippen molar-refractivity contribution in [2.45, 2.75) is 31.7 Å². The molecule has 1 aromatic heterocycles. The molecule has 5 rings (SSSR count). The zero-order valence-electron chi connectivity index (χ0n) is 16.0. The lowest BCUT2D eigenvalue weighted by Gasteiger charge is -2.40. The van der Waals surface area contributed by atoms with E-state index in [1.165, 1.54) is 0 Å². The highest BCUT2D eigenvalue weighted by atomic mass is 16.5. The van der Waals surface area contributed by atoms with Gasteiger partial charge >= 0.3 is 0 Å². The summed E-state index contributed by atoms with van der Waals surface area (Å²) in [4.78, 5) is 13.3. The molecule has 3 aromatic carbocycles. The molecule has 2 N–H and O–H groups in total. The third-order valence-electron chi connectivity index (χ3n) is 5.65. The monoisotopic (exact) mass is 375 g/mol. The number of ether oxygens (including phenoxy) is 1. The Hall–Kier alpha value is -2.89. The van der Waals surface area contributed by atoms with Crippen LogP contribution in [0.4, 0.5) is 0 Å². The Labute approximate surface area is 161 Å². The van der Waals surface area contributed by atoms with Crippen LogP contribution < -0.4 is 10.2 Å². The Morgan fingerprint density at radius 2 is 1.68 bits per heavy atom. The lowest BCUT2D eigenvalue weighted by Crippen LogP contribution is -2.44. The van der Waals surface area contributed by atoms with E-state index in [1.54, 1.807) is 12.1 Å². The van der Waals surface area contributed by atoms with Gasteiger partial charge in [0.2, 0.25) is 0 Å². The normalized spacial score (nSPS) is 17.6. The predicted octanol–water partition coefficient (Wildman–Crippen LogP) is 3.54. The van der Waals surface area contributed by atoms with E-state index in [4.69, 9.17) is 4.74 Å². The van der Waals surface area contributed by atoms with Gasteiger partial charge in [-0.3, -0.25) is 4.79 Å². The third-order valence-corrected chi connectivity index (χ3v) is 5.65. The van der Waals surface area contributed by atoms with Crippen molar-refractivity contribution in [2.24, 2.45) is 7.05 Å². The first kappa shape index (κ1) is 17.2. The molecular weight excluding hydrogens is 354 g/mol. The molecule has 4 aromatic rings. The average Bonchev–Trinajstić information content (AvgIpc) is 2.62. The fraction of sp³-hybridized carbons (Fsp3) is 0.261.